The van der Waals surface area contributed by atoms with Gasteiger partial charge in [0.2, 0.25) is 0 Å². The first-order valence-electron chi connectivity index (χ1n) is 7.54. The van der Waals surface area contributed by atoms with Gasteiger partial charge in [-0.25, -0.2) is 0 Å². The van der Waals surface area contributed by atoms with E-state index in [0.717, 1.165) is 63.9 Å². The minimum absolute atomic E-state index is 0. The Morgan fingerprint density at radius 3 is 2.95 bits per heavy atom. The Kier molecular flexibility index (Phi) is 10.3. The molecule has 1 aromatic rings. The molecule has 1 fully saturated rings. The highest BCUT2D eigenvalue weighted by molar-refractivity contribution is 14.0. The number of aliphatic imine (C=N–C) groups is 1. The van der Waals surface area contributed by atoms with E-state index in [-0.39, 0.29) is 30.1 Å². The maximum atomic E-state index is 5.71. The summed E-state index contributed by atoms with van der Waals surface area (Å²) in [6.45, 7) is 3.96. The van der Waals surface area contributed by atoms with Crippen molar-refractivity contribution in [3.05, 3.63) is 24.2 Å². The van der Waals surface area contributed by atoms with Gasteiger partial charge >= 0.3 is 0 Å². The molecule has 0 spiro atoms. The molecular weight excluding hydrogens is 397 g/mol. The number of furan rings is 1. The van der Waals surface area contributed by atoms with Crippen molar-refractivity contribution < 1.29 is 13.9 Å². The fraction of sp³-hybridized carbons (Fsp3) is 0.667. The largest absolute Gasteiger partial charge is 0.469 e. The van der Waals surface area contributed by atoms with Gasteiger partial charge in [0.05, 0.1) is 19.0 Å². The van der Waals surface area contributed by atoms with Crippen LogP contribution in [-0.4, -0.2) is 52.0 Å². The number of nitrogens with zero attached hydrogens (tertiary/aromatic N) is 1. The van der Waals surface area contributed by atoms with Crippen molar-refractivity contribution in [3.63, 3.8) is 0 Å². The second-order valence-corrected chi connectivity index (χ2v) is 4.97. The van der Waals surface area contributed by atoms with Gasteiger partial charge in [0.25, 0.3) is 0 Å². The lowest BCUT2D eigenvalue weighted by molar-refractivity contribution is 0.0420. The number of hydrogen-bond acceptors (Lipinski definition) is 4. The van der Waals surface area contributed by atoms with E-state index in [9.17, 15) is 0 Å². The fourth-order valence-corrected chi connectivity index (χ4v) is 2.15. The van der Waals surface area contributed by atoms with Crippen molar-refractivity contribution in [2.24, 2.45) is 4.99 Å². The lowest BCUT2D eigenvalue weighted by Crippen LogP contribution is -2.39. The summed E-state index contributed by atoms with van der Waals surface area (Å²) >= 11 is 0. The summed E-state index contributed by atoms with van der Waals surface area (Å²) in [6.07, 6.45) is 4.80. The molecule has 2 N–H and O–H groups in total. The van der Waals surface area contributed by atoms with E-state index in [1.165, 1.54) is 0 Å². The van der Waals surface area contributed by atoms with Gasteiger partial charge in [-0.05, 0) is 25.0 Å². The van der Waals surface area contributed by atoms with Gasteiger partial charge in [-0.3, -0.25) is 4.99 Å². The van der Waals surface area contributed by atoms with E-state index in [1.54, 1.807) is 13.3 Å². The summed E-state index contributed by atoms with van der Waals surface area (Å²) in [4.78, 5) is 4.18. The summed E-state index contributed by atoms with van der Waals surface area (Å²) in [5.74, 6) is 1.79. The molecule has 22 heavy (non-hydrogen) atoms. The second kappa shape index (κ2) is 11.7. The molecule has 1 aliphatic heterocycles. The molecule has 0 radical (unpaired) electrons. The van der Waals surface area contributed by atoms with Crippen LogP contribution in [0.1, 0.15) is 18.6 Å². The molecular formula is C15H26IN3O3. The molecule has 2 heterocycles. The van der Waals surface area contributed by atoms with E-state index >= 15 is 0 Å². The van der Waals surface area contributed by atoms with Crippen LogP contribution in [0.3, 0.4) is 0 Å². The van der Waals surface area contributed by atoms with E-state index in [0.29, 0.717) is 0 Å². The average molecular weight is 423 g/mol. The molecule has 1 aromatic heterocycles. The van der Waals surface area contributed by atoms with Crippen molar-refractivity contribution in [3.8, 4) is 0 Å². The van der Waals surface area contributed by atoms with Crippen molar-refractivity contribution in [2.75, 3.05) is 40.0 Å². The van der Waals surface area contributed by atoms with E-state index in [1.807, 2.05) is 12.1 Å². The van der Waals surface area contributed by atoms with Crippen molar-refractivity contribution in [1.29, 1.82) is 0 Å². The van der Waals surface area contributed by atoms with Crippen molar-refractivity contribution in [2.45, 2.75) is 25.4 Å². The lowest BCUT2D eigenvalue weighted by Gasteiger charge is -2.12. The zero-order valence-corrected chi connectivity index (χ0v) is 15.4. The van der Waals surface area contributed by atoms with Gasteiger partial charge in [0.1, 0.15) is 5.76 Å². The summed E-state index contributed by atoms with van der Waals surface area (Å²) in [7, 11) is 1.77. The monoisotopic (exact) mass is 423 g/mol. The molecule has 6 nitrogen and oxygen atoms in total. The molecule has 126 valence electrons. The van der Waals surface area contributed by atoms with Gasteiger partial charge in [-0.1, -0.05) is 0 Å². The highest BCUT2D eigenvalue weighted by Gasteiger charge is 2.15. The third kappa shape index (κ3) is 7.46. The number of hydrogen-bond donors (Lipinski definition) is 2. The van der Waals surface area contributed by atoms with Gasteiger partial charge in [0.15, 0.2) is 5.96 Å². The van der Waals surface area contributed by atoms with Gasteiger partial charge in [-0.15, -0.1) is 24.0 Å². The zero-order valence-electron chi connectivity index (χ0n) is 13.0. The third-order valence-electron chi connectivity index (χ3n) is 3.32. The van der Waals surface area contributed by atoms with Crippen LogP contribution in [0.5, 0.6) is 0 Å². The lowest BCUT2D eigenvalue weighted by atomic mass is 10.3. The van der Waals surface area contributed by atoms with Crippen LogP contribution in [0, 0.1) is 0 Å². The normalized spacial score (nSPS) is 18.0. The Morgan fingerprint density at radius 1 is 1.41 bits per heavy atom. The standard InChI is InChI=1S/C15H25N3O3.HI/c1-16-15(18-8-5-13-4-2-9-20-13)17-7-3-10-21-14-6-11-19-12-14;/h2,4,9,14H,3,5-8,10-12H2,1H3,(H2,16,17,18);1H. The minimum Gasteiger partial charge on any atom is -0.469 e. The maximum Gasteiger partial charge on any atom is 0.190 e. The van der Waals surface area contributed by atoms with E-state index in [4.69, 9.17) is 13.9 Å². The molecule has 1 saturated heterocycles. The summed E-state index contributed by atoms with van der Waals surface area (Å²) in [5.41, 5.74) is 0. The number of nitrogens with one attached hydrogen (secondary N) is 2. The van der Waals surface area contributed by atoms with Gasteiger partial charge in [0, 0.05) is 39.8 Å². The highest BCUT2D eigenvalue weighted by atomic mass is 127. The van der Waals surface area contributed by atoms with Gasteiger partial charge < -0.3 is 24.5 Å². The topological polar surface area (TPSA) is 68.0 Å². The Balaban J connectivity index is 0.00000242. The van der Waals surface area contributed by atoms with Crippen LogP contribution in [0.25, 0.3) is 0 Å². The third-order valence-corrected chi connectivity index (χ3v) is 3.32. The minimum atomic E-state index is 0. The molecule has 0 amide bonds. The molecule has 1 aliphatic rings. The maximum absolute atomic E-state index is 5.71. The number of rotatable bonds is 8. The van der Waals surface area contributed by atoms with E-state index < -0.39 is 0 Å². The van der Waals surface area contributed by atoms with Crippen LogP contribution in [0.4, 0.5) is 0 Å². The fourth-order valence-electron chi connectivity index (χ4n) is 2.15. The molecule has 1 atom stereocenters. The van der Waals surface area contributed by atoms with E-state index in [2.05, 4.69) is 15.6 Å². The number of guanidine groups is 1. The molecule has 2 rings (SSSR count). The first kappa shape index (κ1) is 19.2. The highest BCUT2D eigenvalue weighted by Crippen LogP contribution is 2.07. The average Bonchev–Trinajstić information content (AvgIpc) is 3.18. The SMILES string of the molecule is CN=C(NCCCOC1CCOC1)NCCc1ccco1.I. The smallest absolute Gasteiger partial charge is 0.190 e. The van der Waals surface area contributed by atoms with Crippen molar-refractivity contribution in [1.82, 2.24) is 10.6 Å². The van der Waals surface area contributed by atoms with Gasteiger partial charge in [-0.2, -0.15) is 0 Å². The van der Waals surface area contributed by atoms with Crippen molar-refractivity contribution >= 4 is 29.9 Å². The summed E-state index contributed by atoms with van der Waals surface area (Å²) in [6, 6.07) is 3.87. The Morgan fingerprint density at radius 2 is 2.27 bits per heavy atom. The summed E-state index contributed by atoms with van der Waals surface area (Å²) in [5, 5.41) is 6.53. The Labute approximate surface area is 149 Å². The molecule has 0 aliphatic carbocycles. The van der Waals surface area contributed by atoms with Crippen LogP contribution >= 0.6 is 24.0 Å². The summed E-state index contributed by atoms with van der Waals surface area (Å²) < 4.78 is 16.3. The first-order valence-corrected chi connectivity index (χ1v) is 7.54. The Bertz CT molecular complexity index is 406. The molecule has 1 unspecified atom stereocenters. The molecule has 0 aromatic carbocycles. The zero-order chi connectivity index (χ0) is 14.8. The molecule has 7 heteroatoms. The van der Waals surface area contributed by atoms with Crippen LogP contribution in [-0.2, 0) is 15.9 Å². The molecule has 0 bridgehead atoms. The second-order valence-electron chi connectivity index (χ2n) is 4.97. The number of ether oxygens (including phenoxy) is 2. The predicted molar refractivity (Wildman–Crippen MR) is 97.0 cm³/mol. The van der Waals surface area contributed by atoms with Crippen LogP contribution in [0.2, 0.25) is 0 Å². The molecule has 0 saturated carbocycles. The number of halogens is 1. The quantitative estimate of drug-likeness (QED) is 0.289. The van der Waals surface area contributed by atoms with Crippen LogP contribution in [0.15, 0.2) is 27.8 Å². The predicted octanol–water partition coefficient (Wildman–Crippen LogP) is 1.80. The Hall–Kier alpha value is -0.800. The van der Waals surface area contributed by atoms with Crippen LogP contribution < -0.4 is 10.6 Å². The first-order chi connectivity index (χ1) is 10.4.